The molecule has 1 aromatic carbocycles. The Hall–Kier alpha value is -0.670. The van der Waals surface area contributed by atoms with Gasteiger partial charge in [-0.05, 0) is 56.1 Å². The molecule has 1 N–H and O–H groups in total. The summed E-state index contributed by atoms with van der Waals surface area (Å²) in [6.45, 7) is 4.91. The summed E-state index contributed by atoms with van der Waals surface area (Å²) in [7, 11) is -6.87. The molecule has 0 radical (unpaired) electrons. The molecule has 1 heterocycles. The maximum absolute atomic E-state index is 12.6. The number of nitrogens with one attached hydrogen (secondary N) is 1. The number of rotatable bonds is 6. The Kier molecular flexibility index (Phi) is 7.68. The molecule has 0 atom stereocenters. The third-order valence-corrected chi connectivity index (χ3v) is 7.19. The number of nitrogens with zero attached hydrogens (tertiary/aromatic N) is 1. The lowest BCUT2D eigenvalue weighted by Crippen LogP contribution is -2.40. The quantitative estimate of drug-likeness (QED) is 0.788. The Balaban J connectivity index is 0.00000288. The Morgan fingerprint density at radius 3 is 2.00 bits per heavy atom. The molecular weight excluding hydrogens is 372 g/mol. The number of sulfone groups is 1. The molecule has 1 fully saturated rings. The van der Waals surface area contributed by atoms with E-state index in [0.717, 1.165) is 32.2 Å². The molecule has 1 aromatic rings. The molecule has 0 aromatic heterocycles. The summed E-state index contributed by atoms with van der Waals surface area (Å²) in [5, 5.41) is 3.30. The van der Waals surface area contributed by atoms with E-state index in [4.69, 9.17) is 0 Å². The largest absolute Gasteiger partial charge is 0.317 e. The first-order valence-electron chi connectivity index (χ1n) is 7.76. The zero-order valence-electron chi connectivity index (χ0n) is 13.9. The molecule has 0 bridgehead atoms. The number of piperidine rings is 1. The van der Waals surface area contributed by atoms with E-state index < -0.39 is 19.9 Å². The maximum Gasteiger partial charge on any atom is 0.243 e. The number of benzene rings is 1. The summed E-state index contributed by atoms with van der Waals surface area (Å²) in [6.07, 6.45) is 2.78. The summed E-state index contributed by atoms with van der Waals surface area (Å²) < 4.78 is 49.7. The maximum atomic E-state index is 12.6. The fourth-order valence-electron chi connectivity index (χ4n) is 2.71. The molecule has 1 saturated heterocycles. The molecule has 9 heteroatoms. The van der Waals surface area contributed by atoms with E-state index in [1.165, 1.54) is 28.6 Å². The van der Waals surface area contributed by atoms with E-state index in [0.29, 0.717) is 19.0 Å². The normalized spacial score (nSPS) is 17.4. The minimum atomic E-state index is -3.55. The van der Waals surface area contributed by atoms with Gasteiger partial charge in [-0.15, -0.1) is 12.4 Å². The number of hydrogen-bond acceptors (Lipinski definition) is 5. The van der Waals surface area contributed by atoms with Crippen molar-refractivity contribution >= 4 is 32.3 Å². The minimum absolute atomic E-state index is 0. The lowest BCUT2D eigenvalue weighted by molar-refractivity contribution is 0.268. The second kappa shape index (κ2) is 8.62. The molecule has 0 spiro atoms. The molecule has 0 amide bonds. The van der Waals surface area contributed by atoms with Crippen LogP contribution in [0.3, 0.4) is 0 Å². The van der Waals surface area contributed by atoms with Crippen LogP contribution in [0.1, 0.15) is 19.8 Å². The summed E-state index contributed by atoms with van der Waals surface area (Å²) in [6, 6.07) is 5.44. The van der Waals surface area contributed by atoms with Crippen molar-refractivity contribution in [3.8, 4) is 0 Å². The lowest BCUT2D eigenvalue weighted by Gasteiger charge is -2.31. The van der Waals surface area contributed by atoms with E-state index in [2.05, 4.69) is 12.2 Å². The lowest BCUT2D eigenvalue weighted by atomic mass is 9.98. The van der Waals surface area contributed by atoms with Gasteiger partial charge < -0.3 is 5.32 Å². The number of sulfonamides is 1. The first-order valence-corrected chi connectivity index (χ1v) is 11.1. The van der Waals surface area contributed by atoms with Crippen molar-refractivity contribution in [2.75, 3.05) is 32.4 Å². The SMILES string of the molecule is CCNCC1CCN(S(=O)(=O)c2ccc(S(C)(=O)=O)cc2)CC1.Cl. The van der Waals surface area contributed by atoms with Gasteiger partial charge >= 0.3 is 0 Å². The van der Waals surface area contributed by atoms with Gasteiger partial charge in [-0.25, -0.2) is 16.8 Å². The van der Waals surface area contributed by atoms with E-state index in [1.807, 2.05) is 0 Å². The number of hydrogen-bond donors (Lipinski definition) is 1. The van der Waals surface area contributed by atoms with Crippen molar-refractivity contribution in [2.24, 2.45) is 5.92 Å². The molecular formula is C15H25ClN2O4S2. The van der Waals surface area contributed by atoms with Gasteiger partial charge in [0.2, 0.25) is 10.0 Å². The highest BCUT2D eigenvalue weighted by molar-refractivity contribution is 7.90. The number of halogens is 1. The van der Waals surface area contributed by atoms with Crippen LogP contribution in [0.15, 0.2) is 34.1 Å². The van der Waals surface area contributed by atoms with Crippen LogP contribution in [-0.4, -0.2) is 53.6 Å². The topological polar surface area (TPSA) is 83.6 Å². The fraction of sp³-hybridized carbons (Fsp3) is 0.600. The third kappa shape index (κ3) is 5.16. The molecule has 138 valence electrons. The van der Waals surface area contributed by atoms with Crippen LogP contribution in [-0.2, 0) is 19.9 Å². The third-order valence-electron chi connectivity index (χ3n) is 4.15. The van der Waals surface area contributed by atoms with Crippen LogP contribution in [0.5, 0.6) is 0 Å². The summed E-state index contributed by atoms with van der Waals surface area (Å²) in [5.74, 6) is 0.508. The highest BCUT2D eigenvalue weighted by Crippen LogP contribution is 2.24. The van der Waals surface area contributed by atoms with Crippen LogP contribution < -0.4 is 5.32 Å². The second-order valence-electron chi connectivity index (χ2n) is 5.90. The van der Waals surface area contributed by atoms with Gasteiger partial charge in [0, 0.05) is 19.3 Å². The Morgan fingerprint density at radius 1 is 1.04 bits per heavy atom. The first-order chi connectivity index (χ1) is 10.7. The Morgan fingerprint density at radius 2 is 1.54 bits per heavy atom. The summed E-state index contributed by atoms with van der Waals surface area (Å²) >= 11 is 0. The van der Waals surface area contributed by atoms with Crippen LogP contribution in [0.25, 0.3) is 0 Å². The van der Waals surface area contributed by atoms with Crippen molar-refractivity contribution in [2.45, 2.75) is 29.6 Å². The smallest absolute Gasteiger partial charge is 0.243 e. The summed E-state index contributed by atoms with van der Waals surface area (Å²) in [5.41, 5.74) is 0. The predicted octanol–water partition coefficient (Wildman–Crippen LogP) is 1.52. The standard InChI is InChI=1S/C15H24N2O4S2.ClH/c1-3-16-12-13-8-10-17(11-9-13)23(20,21)15-6-4-14(5-7-15)22(2,18)19;/h4-7,13,16H,3,8-12H2,1-2H3;1H. The van der Waals surface area contributed by atoms with E-state index in [-0.39, 0.29) is 22.2 Å². The average molecular weight is 397 g/mol. The molecule has 0 unspecified atom stereocenters. The Labute approximate surface area is 151 Å². The fourth-order valence-corrected chi connectivity index (χ4v) is 4.81. The molecule has 24 heavy (non-hydrogen) atoms. The zero-order chi connectivity index (χ0) is 17.1. The predicted molar refractivity (Wildman–Crippen MR) is 96.8 cm³/mol. The first kappa shape index (κ1) is 21.4. The van der Waals surface area contributed by atoms with Gasteiger partial charge in [-0.3, -0.25) is 0 Å². The van der Waals surface area contributed by atoms with Gasteiger partial charge in [0.05, 0.1) is 9.79 Å². The van der Waals surface area contributed by atoms with Crippen LogP contribution in [0.4, 0.5) is 0 Å². The second-order valence-corrected chi connectivity index (χ2v) is 9.85. The van der Waals surface area contributed by atoms with E-state index in [9.17, 15) is 16.8 Å². The molecule has 2 rings (SSSR count). The van der Waals surface area contributed by atoms with Gasteiger partial charge in [0.25, 0.3) is 0 Å². The van der Waals surface area contributed by atoms with Crippen LogP contribution >= 0.6 is 12.4 Å². The zero-order valence-corrected chi connectivity index (χ0v) is 16.4. The van der Waals surface area contributed by atoms with Crippen molar-refractivity contribution in [3.63, 3.8) is 0 Å². The molecule has 1 aliphatic rings. The summed E-state index contributed by atoms with van der Waals surface area (Å²) in [4.78, 5) is 0.274. The van der Waals surface area contributed by atoms with Gasteiger partial charge in [0.15, 0.2) is 9.84 Å². The Bertz CT molecular complexity index is 725. The minimum Gasteiger partial charge on any atom is -0.317 e. The molecule has 6 nitrogen and oxygen atoms in total. The van der Waals surface area contributed by atoms with Crippen LogP contribution in [0.2, 0.25) is 0 Å². The van der Waals surface area contributed by atoms with Gasteiger partial charge in [-0.1, -0.05) is 6.92 Å². The van der Waals surface area contributed by atoms with Gasteiger partial charge in [0.1, 0.15) is 0 Å². The van der Waals surface area contributed by atoms with Crippen LogP contribution in [0, 0.1) is 5.92 Å². The van der Waals surface area contributed by atoms with Crippen molar-refractivity contribution in [3.05, 3.63) is 24.3 Å². The van der Waals surface area contributed by atoms with E-state index in [1.54, 1.807) is 0 Å². The monoisotopic (exact) mass is 396 g/mol. The van der Waals surface area contributed by atoms with Crippen molar-refractivity contribution in [1.29, 1.82) is 0 Å². The molecule has 0 aliphatic carbocycles. The van der Waals surface area contributed by atoms with Crippen molar-refractivity contribution < 1.29 is 16.8 Å². The molecule has 1 aliphatic heterocycles. The highest BCUT2D eigenvalue weighted by atomic mass is 35.5. The van der Waals surface area contributed by atoms with Crippen molar-refractivity contribution in [1.82, 2.24) is 9.62 Å². The van der Waals surface area contributed by atoms with E-state index >= 15 is 0 Å². The molecule has 0 saturated carbocycles. The van der Waals surface area contributed by atoms with Gasteiger partial charge in [-0.2, -0.15) is 4.31 Å². The average Bonchev–Trinajstić information content (AvgIpc) is 2.52. The highest BCUT2D eigenvalue weighted by Gasteiger charge is 2.29.